The van der Waals surface area contributed by atoms with Crippen LogP contribution >= 0.6 is 0 Å². The summed E-state index contributed by atoms with van der Waals surface area (Å²) in [6, 6.07) is 10.1. The molecule has 1 aliphatic carbocycles. The Labute approximate surface area is 250 Å². The van der Waals surface area contributed by atoms with E-state index < -0.39 is 24.5 Å². The molecule has 0 aromatic heterocycles. The van der Waals surface area contributed by atoms with Gasteiger partial charge in [-0.3, -0.25) is 4.79 Å². The topological polar surface area (TPSA) is 123 Å². The van der Waals surface area contributed by atoms with Crippen molar-refractivity contribution in [3.63, 3.8) is 0 Å². The Morgan fingerprint density at radius 2 is 1.64 bits per heavy atom. The number of aryl methyl sites for hydroxylation is 1. The summed E-state index contributed by atoms with van der Waals surface area (Å²) >= 11 is 0. The summed E-state index contributed by atoms with van der Waals surface area (Å²) in [6.07, 6.45) is 18.1. The van der Waals surface area contributed by atoms with E-state index in [0.717, 1.165) is 6.42 Å². The molecule has 0 radical (unpaired) electrons. The highest BCUT2D eigenvalue weighted by atomic mass is 16.7. The van der Waals surface area contributed by atoms with E-state index in [9.17, 15) is 24.9 Å². The van der Waals surface area contributed by atoms with Crippen LogP contribution in [0.2, 0.25) is 0 Å². The summed E-state index contributed by atoms with van der Waals surface area (Å²) in [4.78, 5) is 23.6. The fourth-order valence-electron chi connectivity index (χ4n) is 5.25. The average Bonchev–Trinajstić information content (AvgIpc) is 3.25. The first-order valence-corrected chi connectivity index (χ1v) is 14.9. The number of terminal acetylenes is 2. The van der Waals surface area contributed by atoms with E-state index in [1.54, 1.807) is 0 Å². The zero-order valence-electron chi connectivity index (χ0n) is 24.4. The van der Waals surface area contributed by atoms with Crippen molar-refractivity contribution in [3.05, 3.63) is 48.0 Å². The van der Waals surface area contributed by atoms with Crippen LogP contribution in [-0.2, 0) is 25.4 Å². The second kappa shape index (κ2) is 20.6. The Balaban J connectivity index is 1.57. The molecule has 8 heteroatoms. The highest BCUT2D eigenvalue weighted by Crippen LogP contribution is 2.38. The zero-order valence-corrected chi connectivity index (χ0v) is 24.4. The first-order valence-electron chi connectivity index (χ1n) is 14.9. The Morgan fingerprint density at radius 3 is 2.36 bits per heavy atom. The summed E-state index contributed by atoms with van der Waals surface area (Å²) in [7, 11) is 0. The van der Waals surface area contributed by atoms with Gasteiger partial charge in [-0.15, -0.1) is 24.7 Å². The quantitative estimate of drug-likeness (QED) is 0.0937. The summed E-state index contributed by atoms with van der Waals surface area (Å²) < 4.78 is 14.9. The van der Waals surface area contributed by atoms with E-state index in [4.69, 9.17) is 27.1 Å². The number of hydrogen-bond acceptors (Lipinski definition) is 8. The molecule has 0 amide bonds. The van der Waals surface area contributed by atoms with Gasteiger partial charge < -0.3 is 29.5 Å². The zero-order chi connectivity index (χ0) is 30.6. The third kappa shape index (κ3) is 14.0. The van der Waals surface area contributed by atoms with Gasteiger partial charge in [0.15, 0.2) is 0 Å². The molecule has 1 aromatic carbocycles. The summed E-state index contributed by atoms with van der Waals surface area (Å²) in [5.74, 6) is 4.35. The van der Waals surface area contributed by atoms with Crippen LogP contribution in [0.25, 0.3) is 0 Å². The number of aliphatic hydroxyl groups is 3. The molecule has 42 heavy (non-hydrogen) atoms. The number of rotatable bonds is 19. The lowest BCUT2D eigenvalue weighted by Crippen LogP contribution is -2.23. The number of aliphatic hydroxyl groups excluding tert-OH is 3. The van der Waals surface area contributed by atoms with Gasteiger partial charge in [0.25, 0.3) is 0 Å². The molecule has 2 rings (SSSR count). The largest absolute Gasteiger partial charge is 0.508 e. The SMILES string of the molecule is C#CCC(CC#C)COC(=O)OCCOC(=O)CCC/C=C\C[C@@H]1[C@@H](CC[C@@H](O)CCc2ccccc2)[C@H](O)C[C@@H]1O. The third-order valence-electron chi connectivity index (χ3n) is 7.61. The van der Waals surface area contributed by atoms with Crippen molar-refractivity contribution < 1.29 is 39.1 Å². The van der Waals surface area contributed by atoms with Gasteiger partial charge in [0, 0.05) is 25.2 Å². The molecule has 1 saturated carbocycles. The van der Waals surface area contributed by atoms with E-state index in [-0.39, 0.29) is 50.0 Å². The van der Waals surface area contributed by atoms with Crippen LogP contribution < -0.4 is 0 Å². The Morgan fingerprint density at radius 1 is 0.952 bits per heavy atom. The molecule has 0 aliphatic heterocycles. The van der Waals surface area contributed by atoms with E-state index in [1.165, 1.54) is 5.56 Å². The molecule has 0 bridgehead atoms. The second-order valence-corrected chi connectivity index (χ2v) is 10.9. The van der Waals surface area contributed by atoms with Gasteiger partial charge in [-0.1, -0.05) is 42.5 Å². The molecule has 3 N–H and O–H groups in total. The number of allylic oxidation sites excluding steroid dienone is 2. The van der Waals surface area contributed by atoms with Crippen molar-refractivity contribution in [2.75, 3.05) is 19.8 Å². The lowest BCUT2D eigenvalue weighted by Gasteiger charge is -2.23. The number of carbonyl (C=O) groups excluding carboxylic acids is 2. The van der Waals surface area contributed by atoms with Gasteiger partial charge in [0.2, 0.25) is 0 Å². The molecule has 230 valence electrons. The van der Waals surface area contributed by atoms with Crippen molar-refractivity contribution in [1.82, 2.24) is 0 Å². The van der Waals surface area contributed by atoms with Gasteiger partial charge in [-0.2, -0.15) is 0 Å². The lowest BCUT2D eigenvalue weighted by atomic mass is 9.85. The first kappa shape index (κ1) is 34.9. The van der Waals surface area contributed by atoms with Crippen LogP contribution in [0.3, 0.4) is 0 Å². The monoisotopic (exact) mass is 582 g/mol. The van der Waals surface area contributed by atoms with E-state index in [0.29, 0.717) is 57.8 Å². The maximum atomic E-state index is 11.9. The first-order chi connectivity index (χ1) is 20.3. The Kier molecular flexibility index (Phi) is 17.1. The van der Waals surface area contributed by atoms with Gasteiger partial charge in [0.1, 0.15) is 13.2 Å². The van der Waals surface area contributed by atoms with Crippen molar-refractivity contribution in [2.24, 2.45) is 17.8 Å². The maximum Gasteiger partial charge on any atom is 0.508 e. The molecule has 0 saturated heterocycles. The molecule has 1 fully saturated rings. The predicted molar refractivity (Wildman–Crippen MR) is 160 cm³/mol. The second-order valence-electron chi connectivity index (χ2n) is 10.9. The summed E-state index contributed by atoms with van der Waals surface area (Å²) in [5, 5.41) is 31.4. The fraction of sp³-hybridized carbons (Fsp3) is 0.588. The Bertz CT molecular complexity index is 1010. The van der Waals surface area contributed by atoms with Gasteiger partial charge in [-0.25, -0.2) is 4.79 Å². The minimum Gasteiger partial charge on any atom is -0.462 e. The molecule has 0 heterocycles. The lowest BCUT2D eigenvalue weighted by molar-refractivity contribution is -0.145. The summed E-state index contributed by atoms with van der Waals surface area (Å²) in [6.45, 7) is -0.105. The minimum atomic E-state index is -0.864. The van der Waals surface area contributed by atoms with E-state index >= 15 is 0 Å². The average molecular weight is 583 g/mol. The van der Waals surface area contributed by atoms with Crippen molar-refractivity contribution in [1.29, 1.82) is 0 Å². The normalized spacial score (nSPS) is 20.6. The van der Waals surface area contributed by atoms with Crippen LogP contribution in [0.5, 0.6) is 0 Å². The molecular weight excluding hydrogens is 536 g/mol. The number of unbranched alkanes of at least 4 members (excludes halogenated alkanes) is 1. The molecule has 0 unspecified atom stereocenters. The van der Waals surface area contributed by atoms with Gasteiger partial charge in [0.05, 0.1) is 24.9 Å². The fourth-order valence-corrected chi connectivity index (χ4v) is 5.25. The minimum absolute atomic E-state index is 0.0576. The Hall–Kier alpha value is -3.30. The molecule has 0 spiro atoms. The number of esters is 1. The van der Waals surface area contributed by atoms with Crippen LogP contribution in [0, 0.1) is 42.4 Å². The van der Waals surface area contributed by atoms with E-state index in [2.05, 4.69) is 24.0 Å². The third-order valence-corrected chi connectivity index (χ3v) is 7.61. The summed E-state index contributed by atoms with van der Waals surface area (Å²) in [5.41, 5.74) is 1.19. The van der Waals surface area contributed by atoms with Crippen molar-refractivity contribution in [3.8, 4) is 24.7 Å². The number of ether oxygens (including phenoxy) is 3. The molecular formula is C34H46O8. The molecule has 1 aliphatic rings. The highest BCUT2D eigenvalue weighted by Gasteiger charge is 2.40. The number of benzene rings is 1. The van der Waals surface area contributed by atoms with Crippen LogP contribution in [0.1, 0.15) is 69.8 Å². The predicted octanol–water partition coefficient (Wildman–Crippen LogP) is 4.59. The van der Waals surface area contributed by atoms with Gasteiger partial charge in [-0.05, 0) is 68.8 Å². The standard InChI is InChI=1S/C34H46O8/c1-3-12-27(13-4-2)25-42-34(39)41-23-22-40-33(38)17-11-6-5-10-16-29-30(32(37)24-31(29)36)21-20-28(35)19-18-26-14-8-7-9-15-26/h1-2,5,7-10,14-15,27-32,35-37H,6,11-13,16-25H2/b10-5-/t28-,29+,30+,31-,32+/m0/s1. The smallest absolute Gasteiger partial charge is 0.462 e. The molecule has 8 nitrogen and oxygen atoms in total. The van der Waals surface area contributed by atoms with Gasteiger partial charge >= 0.3 is 12.1 Å². The van der Waals surface area contributed by atoms with Crippen LogP contribution in [-0.4, -0.2) is 65.6 Å². The molecule has 1 aromatic rings. The van der Waals surface area contributed by atoms with Crippen LogP contribution in [0.4, 0.5) is 4.79 Å². The van der Waals surface area contributed by atoms with Crippen LogP contribution in [0.15, 0.2) is 42.5 Å². The number of carbonyl (C=O) groups is 2. The number of hydrogen-bond donors (Lipinski definition) is 3. The highest BCUT2D eigenvalue weighted by molar-refractivity contribution is 5.69. The van der Waals surface area contributed by atoms with E-state index in [1.807, 2.05) is 30.4 Å². The van der Waals surface area contributed by atoms with Crippen molar-refractivity contribution >= 4 is 12.1 Å². The molecule has 5 atom stereocenters. The maximum absolute atomic E-state index is 11.9. The van der Waals surface area contributed by atoms with Crippen molar-refractivity contribution in [2.45, 2.75) is 88.9 Å².